The molecule has 0 saturated heterocycles. The van der Waals surface area contributed by atoms with Crippen molar-refractivity contribution in [1.29, 1.82) is 0 Å². The summed E-state index contributed by atoms with van der Waals surface area (Å²) in [5.41, 5.74) is 1.19. The van der Waals surface area contributed by atoms with Crippen LogP contribution in [0, 0.1) is 0 Å². The molecule has 0 aliphatic heterocycles. The Labute approximate surface area is 102 Å². The predicted molar refractivity (Wildman–Crippen MR) is 67.4 cm³/mol. The Bertz CT molecular complexity index is 463. The van der Waals surface area contributed by atoms with E-state index in [1.54, 1.807) is 6.20 Å². The zero-order chi connectivity index (χ0) is 12.3. The van der Waals surface area contributed by atoms with Crippen molar-refractivity contribution in [1.82, 2.24) is 19.9 Å². The van der Waals surface area contributed by atoms with Gasteiger partial charge in [0.1, 0.15) is 5.82 Å². The summed E-state index contributed by atoms with van der Waals surface area (Å²) in [5, 5.41) is 3.52. The Morgan fingerprint density at radius 3 is 2.65 bits per heavy atom. The van der Waals surface area contributed by atoms with Crippen molar-refractivity contribution < 1.29 is 0 Å². The van der Waals surface area contributed by atoms with Crippen LogP contribution in [0.3, 0.4) is 0 Å². The molecule has 1 N–H and O–H groups in total. The van der Waals surface area contributed by atoms with E-state index in [4.69, 9.17) is 0 Å². The number of pyridine rings is 1. The first kappa shape index (κ1) is 11.8. The second-order valence-electron chi connectivity index (χ2n) is 4.29. The normalized spacial score (nSPS) is 14.5. The zero-order valence-electron chi connectivity index (χ0n) is 10.5. The summed E-state index contributed by atoms with van der Waals surface area (Å²) in [5.74, 6) is 1.04. The van der Waals surface area contributed by atoms with Gasteiger partial charge in [0.2, 0.25) is 0 Å². The summed E-state index contributed by atoms with van der Waals surface area (Å²) in [7, 11) is 2.01. The Morgan fingerprint density at radius 2 is 2.06 bits per heavy atom. The van der Waals surface area contributed by atoms with Gasteiger partial charge in [-0.2, -0.15) is 0 Å². The molecule has 4 heteroatoms. The lowest BCUT2D eigenvalue weighted by molar-refractivity contribution is 0.466. The third kappa shape index (κ3) is 2.71. The van der Waals surface area contributed by atoms with E-state index >= 15 is 0 Å². The van der Waals surface area contributed by atoms with Crippen LogP contribution in [0.4, 0.5) is 0 Å². The average Bonchev–Trinajstić information content (AvgIpc) is 2.76. The standard InChI is InChI=1S/C13H18N4/c1-10(12-5-4-6-14-9-12)16-11(2)13-15-7-8-17(13)3/h4-11,16H,1-3H3/t10-,11?/m1/s1. The number of hydrogen-bond acceptors (Lipinski definition) is 3. The van der Waals surface area contributed by atoms with Gasteiger partial charge < -0.3 is 9.88 Å². The third-order valence-corrected chi connectivity index (χ3v) is 2.93. The number of rotatable bonds is 4. The Kier molecular flexibility index (Phi) is 3.54. The topological polar surface area (TPSA) is 42.7 Å². The van der Waals surface area contributed by atoms with Gasteiger partial charge in [-0.3, -0.25) is 4.98 Å². The molecule has 2 aromatic rings. The van der Waals surface area contributed by atoms with Gasteiger partial charge in [-0.15, -0.1) is 0 Å². The van der Waals surface area contributed by atoms with E-state index in [0.29, 0.717) is 0 Å². The van der Waals surface area contributed by atoms with Crippen molar-refractivity contribution in [2.24, 2.45) is 7.05 Å². The molecule has 1 unspecified atom stereocenters. The summed E-state index contributed by atoms with van der Waals surface area (Å²) in [4.78, 5) is 8.48. The minimum Gasteiger partial charge on any atom is -0.337 e. The molecule has 2 heterocycles. The molecule has 0 spiro atoms. The van der Waals surface area contributed by atoms with Crippen molar-refractivity contribution in [3.63, 3.8) is 0 Å². The number of aryl methyl sites for hydroxylation is 1. The lowest BCUT2D eigenvalue weighted by Crippen LogP contribution is -2.24. The quantitative estimate of drug-likeness (QED) is 0.875. The van der Waals surface area contributed by atoms with E-state index in [0.717, 1.165) is 5.82 Å². The molecular weight excluding hydrogens is 212 g/mol. The molecular formula is C13H18N4. The summed E-state index contributed by atoms with van der Waals surface area (Å²) >= 11 is 0. The lowest BCUT2D eigenvalue weighted by atomic mass is 10.1. The SMILES string of the molecule is CC(N[C@H](C)c1cccnc1)c1nccn1C. The molecule has 2 rings (SSSR count). The van der Waals surface area contributed by atoms with E-state index in [9.17, 15) is 0 Å². The molecule has 4 nitrogen and oxygen atoms in total. The maximum absolute atomic E-state index is 4.35. The Morgan fingerprint density at radius 1 is 1.24 bits per heavy atom. The smallest absolute Gasteiger partial charge is 0.125 e. The van der Waals surface area contributed by atoms with Crippen LogP contribution in [0.5, 0.6) is 0 Å². The van der Waals surface area contributed by atoms with Gasteiger partial charge in [0, 0.05) is 37.9 Å². The van der Waals surface area contributed by atoms with E-state index < -0.39 is 0 Å². The summed E-state index contributed by atoms with van der Waals surface area (Å²) < 4.78 is 2.04. The first-order valence-electron chi connectivity index (χ1n) is 5.81. The fourth-order valence-corrected chi connectivity index (χ4v) is 1.97. The molecule has 17 heavy (non-hydrogen) atoms. The maximum Gasteiger partial charge on any atom is 0.125 e. The number of imidazole rings is 1. The van der Waals surface area contributed by atoms with Crippen LogP contribution < -0.4 is 5.32 Å². The van der Waals surface area contributed by atoms with E-state index in [1.807, 2.05) is 36.3 Å². The fraction of sp³-hybridized carbons (Fsp3) is 0.385. The van der Waals surface area contributed by atoms with Crippen LogP contribution in [-0.4, -0.2) is 14.5 Å². The molecule has 0 amide bonds. The monoisotopic (exact) mass is 230 g/mol. The van der Waals surface area contributed by atoms with E-state index in [-0.39, 0.29) is 12.1 Å². The van der Waals surface area contributed by atoms with Crippen molar-refractivity contribution >= 4 is 0 Å². The van der Waals surface area contributed by atoms with Crippen LogP contribution in [-0.2, 0) is 7.05 Å². The highest BCUT2D eigenvalue weighted by Crippen LogP contribution is 2.16. The third-order valence-electron chi connectivity index (χ3n) is 2.93. The maximum atomic E-state index is 4.35. The van der Waals surface area contributed by atoms with Crippen LogP contribution in [0.2, 0.25) is 0 Å². The Balaban J connectivity index is 2.05. The van der Waals surface area contributed by atoms with Gasteiger partial charge in [-0.1, -0.05) is 6.07 Å². The van der Waals surface area contributed by atoms with Crippen LogP contribution in [0.1, 0.15) is 37.3 Å². The van der Waals surface area contributed by atoms with E-state index in [1.165, 1.54) is 5.56 Å². The molecule has 90 valence electrons. The lowest BCUT2D eigenvalue weighted by Gasteiger charge is -2.19. The molecule has 2 atom stereocenters. The van der Waals surface area contributed by atoms with Crippen LogP contribution >= 0.6 is 0 Å². The predicted octanol–water partition coefficient (Wildman–Crippen LogP) is 2.23. The molecule has 0 aliphatic carbocycles. The van der Waals surface area contributed by atoms with Crippen molar-refractivity contribution in [2.45, 2.75) is 25.9 Å². The van der Waals surface area contributed by atoms with Crippen molar-refractivity contribution in [3.05, 3.63) is 48.3 Å². The van der Waals surface area contributed by atoms with E-state index in [2.05, 4.69) is 35.2 Å². The minimum atomic E-state index is 0.213. The molecule has 0 fully saturated rings. The zero-order valence-corrected chi connectivity index (χ0v) is 10.5. The van der Waals surface area contributed by atoms with Crippen molar-refractivity contribution in [2.75, 3.05) is 0 Å². The van der Waals surface area contributed by atoms with Gasteiger partial charge >= 0.3 is 0 Å². The molecule has 0 radical (unpaired) electrons. The summed E-state index contributed by atoms with van der Waals surface area (Å²) in [6.45, 7) is 4.26. The second-order valence-corrected chi connectivity index (χ2v) is 4.29. The number of hydrogen-bond donors (Lipinski definition) is 1. The number of aromatic nitrogens is 3. The molecule has 2 aromatic heterocycles. The van der Waals surface area contributed by atoms with Gasteiger partial charge in [0.25, 0.3) is 0 Å². The Hall–Kier alpha value is -1.68. The second kappa shape index (κ2) is 5.10. The largest absolute Gasteiger partial charge is 0.337 e. The molecule has 0 aromatic carbocycles. The minimum absolute atomic E-state index is 0.213. The highest BCUT2D eigenvalue weighted by molar-refractivity contribution is 5.13. The van der Waals surface area contributed by atoms with Crippen LogP contribution in [0.15, 0.2) is 36.9 Å². The summed E-state index contributed by atoms with van der Waals surface area (Å²) in [6.07, 6.45) is 7.46. The van der Waals surface area contributed by atoms with Crippen LogP contribution in [0.25, 0.3) is 0 Å². The van der Waals surface area contributed by atoms with Crippen molar-refractivity contribution in [3.8, 4) is 0 Å². The van der Waals surface area contributed by atoms with Gasteiger partial charge in [0.05, 0.1) is 6.04 Å². The van der Waals surface area contributed by atoms with Gasteiger partial charge in [0.15, 0.2) is 0 Å². The average molecular weight is 230 g/mol. The fourth-order valence-electron chi connectivity index (χ4n) is 1.97. The first-order valence-corrected chi connectivity index (χ1v) is 5.81. The first-order chi connectivity index (χ1) is 8.18. The van der Waals surface area contributed by atoms with Gasteiger partial charge in [-0.05, 0) is 25.5 Å². The molecule has 0 aliphatic rings. The number of nitrogens with one attached hydrogen (secondary N) is 1. The highest BCUT2D eigenvalue weighted by atomic mass is 15.1. The summed E-state index contributed by atoms with van der Waals surface area (Å²) in [6, 6.07) is 4.51. The number of nitrogens with zero attached hydrogens (tertiary/aromatic N) is 3. The van der Waals surface area contributed by atoms with Gasteiger partial charge in [-0.25, -0.2) is 4.98 Å². The highest BCUT2D eigenvalue weighted by Gasteiger charge is 2.13. The molecule has 0 saturated carbocycles. The molecule has 0 bridgehead atoms.